The molecule has 27 heavy (non-hydrogen) atoms. The SMILES string of the molecule is CCc1ccc([C@@H](NCC(=O)Nc2cccc(S(C)(=O)=O)c2)C(C)C)cc1. The van der Waals surface area contributed by atoms with E-state index in [4.69, 9.17) is 0 Å². The van der Waals surface area contributed by atoms with E-state index in [1.165, 1.54) is 17.7 Å². The highest BCUT2D eigenvalue weighted by molar-refractivity contribution is 7.90. The van der Waals surface area contributed by atoms with E-state index in [1.54, 1.807) is 12.1 Å². The van der Waals surface area contributed by atoms with E-state index in [2.05, 4.69) is 55.7 Å². The standard InChI is InChI=1S/C21H28N2O3S/c1-5-16-9-11-17(12-10-16)21(15(2)3)22-14-20(24)23-18-7-6-8-19(13-18)27(4,25)26/h6-13,15,21-22H,5,14H2,1-4H3,(H,23,24)/t21-/m0/s1. The number of hydrogen-bond acceptors (Lipinski definition) is 4. The third-order valence-electron chi connectivity index (χ3n) is 4.44. The molecule has 1 atom stereocenters. The zero-order valence-corrected chi connectivity index (χ0v) is 17.1. The van der Waals surface area contributed by atoms with E-state index in [1.807, 2.05) is 0 Å². The van der Waals surface area contributed by atoms with Crippen LogP contribution in [0.15, 0.2) is 53.4 Å². The zero-order chi connectivity index (χ0) is 20.0. The number of hydrogen-bond donors (Lipinski definition) is 2. The summed E-state index contributed by atoms with van der Waals surface area (Å²) < 4.78 is 23.3. The average molecular weight is 389 g/mol. The Morgan fingerprint density at radius 2 is 1.74 bits per heavy atom. The molecule has 0 aliphatic rings. The topological polar surface area (TPSA) is 75.3 Å². The molecule has 0 fully saturated rings. The Bertz CT molecular complexity index is 875. The van der Waals surface area contributed by atoms with E-state index in [0.717, 1.165) is 18.2 Å². The van der Waals surface area contributed by atoms with Crippen molar-refractivity contribution in [1.29, 1.82) is 0 Å². The lowest BCUT2D eigenvalue weighted by Crippen LogP contribution is -2.33. The number of amides is 1. The molecule has 0 saturated heterocycles. The van der Waals surface area contributed by atoms with Crippen LogP contribution in [-0.2, 0) is 21.1 Å². The summed E-state index contributed by atoms with van der Waals surface area (Å²) in [6.07, 6.45) is 2.14. The number of aryl methyl sites for hydroxylation is 1. The van der Waals surface area contributed by atoms with Gasteiger partial charge in [-0.15, -0.1) is 0 Å². The van der Waals surface area contributed by atoms with Crippen molar-refractivity contribution >= 4 is 21.4 Å². The fourth-order valence-electron chi connectivity index (χ4n) is 2.91. The van der Waals surface area contributed by atoms with Gasteiger partial charge in [0.1, 0.15) is 0 Å². The summed E-state index contributed by atoms with van der Waals surface area (Å²) in [4.78, 5) is 12.5. The van der Waals surface area contributed by atoms with Crippen LogP contribution >= 0.6 is 0 Å². The third-order valence-corrected chi connectivity index (χ3v) is 5.55. The normalized spacial score (nSPS) is 12.8. The summed E-state index contributed by atoms with van der Waals surface area (Å²) in [5.41, 5.74) is 2.90. The Morgan fingerprint density at radius 3 is 2.30 bits per heavy atom. The Morgan fingerprint density at radius 1 is 1.07 bits per heavy atom. The summed E-state index contributed by atoms with van der Waals surface area (Å²) in [5, 5.41) is 6.06. The highest BCUT2D eigenvalue weighted by Crippen LogP contribution is 2.22. The minimum absolute atomic E-state index is 0.0593. The molecule has 0 aliphatic heterocycles. The van der Waals surface area contributed by atoms with Crippen LogP contribution in [0.4, 0.5) is 5.69 Å². The summed E-state index contributed by atoms with van der Waals surface area (Å²) in [6.45, 7) is 6.48. The van der Waals surface area contributed by atoms with Crippen LogP contribution in [0.25, 0.3) is 0 Å². The molecular formula is C21H28N2O3S. The summed E-state index contributed by atoms with van der Waals surface area (Å²) in [5.74, 6) is 0.107. The van der Waals surface area contributed by atoms with Crippen LogP contribution in [0, 0.1) is 5.92 Å². The van der Waals surface area contributed by atoms with Crippen molar-refractivity contribution in [2.75, 3.05) is 18.1 Å². The maximum absolute atomic E-state index is 12.3. The zero-order valence-electron chi connectivity index (χ0n) is 16.3. The van der Waals surface area contributed by atoms with Gasteiger partial charge in [-0.25, -0.2) is 8.42 Å². The van der Waals surface area contributed by atoms with Gasteiger partial charge in [0.15, 0.2) is 9.84 Å². The number of nitrogens with one attached hydrogen (secondary N) is 2. The van der Waals surface area contributed by atoms with Crippen molar-refractivity contribution in [1.82, 2.24) is 5.32 Å². The minimum Gasteiger partial charge on any atom is -0.325 e. The highest BCUT2D eigenvalue weighted by Gasteiger charge is 2.17. The van der Waals surface area contributed by atoms with Crippen molar-refractivity contribution in [2.24, 2.45) is 5.92 Å². The maximum Gasteiger partial charge on any atom is 0.238 e. The van der Waals surface area contributed by atoms with Gasteiger partial charge in [0.05, 0.1) is 11.4 Å². The molecule has 0 unspecified atom stereocenters. The lowest BCUT2D eigenvalue weighted by molar-refractivity contribution is -0.115. The van der Waals surface area contributed by atoms with E-state index in [0.29, 0.717) is 11.6 Å². The second-order valence-corrected chi connectivity index (χ2v) is 9.06. The van der Waals surface area contributed by atoms with Gasteiger partial charge in [0, 0.05) is 18.0 Å². The van der Waals surface area contributed by atoms with Gasteiger partial charge in [-0.1, -0.05) is 51.1 Å². The van der Waals surface area contributed by atoms with E-state index < -0.39 is 9.84 Å². The molecule has 0 aliphatic carbocycles. The largest absolute Gasteiger partial charge is 0.325 e. The quantitative estimate of drug-likeness (QED) is 0.725. The molecule has 1 amide bonds. The summed E-state index contributed by atoms with van der Waals surface area (Å²) in [6, 6.07) is 14.8. The molecule has 0 radical (unpaired) electrons. The van der Waals surface area contributed by atoms with Gasteiger partial charge in [-0.3, -0.25) is 4.79 Å². The molecule has 0 heterocycles. The Labute approximate surface area is 162 Å². The van der Waals surface area contributed by atoms with Crippen molar-refractivity contribution < 1.29 is 13.2 Å². The van der Waals surface area contributed by atoms with Crippen molar-refractivity contribution in [3.05, 3.63) is 59.7 Å². The molecule has 2 aromatic carbocycles. The van der Waals surface area contributed by atoms with Crippen molar-refractivity contribution in [3.8, 4) is 0 Å². The molecule has 0 spiro atoms. The fourth-order valence-corrected chi connectivity index (χ4v) is 3.58. The monoisotopic (exact) mass is 388 g/mol. The van der Waals surface area contributed by atoms with Gasteiger partial charge in [0.2, 0.25) is 5.91 Å². The summed E-state index contributed by atoms with van der Waals surface area (Å²) in [7, 11) is -3.31. The predicted octanol–water partition coefficient (Wildman–Crippen LogP) is 3.58. The minimum atomic E-state index is -3.31. The lowest BCUT2D eigenvalue weighted by Gasteiger charge is -2.23. The fraction of sp³-hybridized carbons (Fsp3) is 0.381. The first-order chi connectivity index (χ1) is 12.7. The first-order valence-electron chi connectivity index (χ1n) is 9.13. The first-order valence-corrected chi connectivity index (χ1v) is 11.0. The first kappa shape index (κ1) is 21.1. The average Bonchev–Trinajstić information content (AvgIpc) is 2.61. The molecule has 2 N–H and O–H groups in total. The van der Waals surface area contributed by atoms with Crippen LogP contribution in [0.1, 0.15) is 37.9 Å². The van der Waals surface area contributed by atoms with Crippen LogP contribution in [-0.4, -0.2) is 27.1 Å². The Balaban J connectivity index is 2.01. The van der Waals surface area contributed by atoms with Crippen LogP contribution < -0.4 is 10.6 Å². The molecular weight excluding hydrogens is 360 g/mol. The molecule has 2 aromatic rings. The van der Waals surface area contributed by atoms with Crippen molar-refractivity contribution in [2.45, 2.75) is 38.1 Å². The smallest absolute Gasteiger partial charge is 0.238 e. The Kier molecular flexibility index (Phi) is 7.16. The molecule has 2 rings (SSSR count). The number of rotatable bonds is 8. The predicted molar refractivity (Wildman–Crippen MR) is 110 cm³/mol. The van der Waals surface area contributed by atoms with Crippen LogP contribution in [0.5, 0.6) is 0 Å². The molecule has 0 aromatic heterocycles. The number of benzene rings is 2. The van der Waals surface area contributed by atoms with Gasteiger partial charge in [0.25, 0.3) is 0 Å². The number of anilines is 1. The van der Waals surface area contributed by atoms with E-state index in [9.17, 15) is 13.2 Å². The van der Waals surface area contributed by atoms with Crippen LogP contribution in [0.3, 0.4) is 0 Å². The molecule has 0 saturated carbocycles. The third kappa shape index (κ3) is 6.19. The molecule has 146 valence electrons. The molecule has 6 heteroatoms. The molecule has 5 nitrogen and oxygen atoms in total. The van der Waals surface area contributed by atoms with Gasteiger partial charge in [-0.2, -0.15) is 0 Å². The van der Waals surface area contributed by atoms with Gasteiger partial charge >= 0.3 is 0 Å². The number of sulfone groups is 1. The van der Waals surface area contributed by atoms with Gasteiger partial charge in [-0.05, 0) is 41.7 Å². The second-order valence-electron chi connectivity index (χ2n) is 7.05. The number of carbonyl (C=O) groups is 1. The molecule has 0 bridgehead atoms. The second kappa shape index (κ2) is 9.15. The lowest BCUT2D eigenvalue weighted by atomic mass is 9.95. The maximum atomic E-state index is 12.3. The van der Waals surface area contributed by atoms with Crippen molar-refractivity contribution in [3.63, 3.8) is 0 Å². The van der Waals surface area contributed by atoms with Gasteiger partial charge < -0.3 is 10.6 Å². The van der Waals surface area contributed by atoms with E-state index >= 15 is 0 Å². The van der Waals surface area contributed by atoms with Crippen LogP contribution in [0.2, 0.25) is 0 Å². The Hall–Kier alpha value is -2.18. The highest BCUT2D eigenvalue weighted by atomic mass is 32.2. The number of carbonyl (C=O) groups excluding carboxylic acids is 1. The summed E-state index contributed by atoms with van der Waals surface area (Å²) >= 11 is 0. The van der Waals surface area contributed by atoms with E-state index in [-0.39, 0.29) is 23.4 Å².